The van der Waals surface area contributed by atoms with Gasteiger partial charge in [0.1, 0.15) is 23.4 Å². The van der Waals surface area contributed by atoms with Gasteiger partial charge in [-0.25, -0.2) is 9.59 Å². The van der Waals surface area contributed by atoms with Crippen LogP contribution in [0.5, 0.6) is 0 Å². The molecule has 2 unspecified atom stereocenters. The average molecular weight is 432 g/mol. The molecular formula is C22H24O9. The Balaban J connectivity index is 1.43. The number of para-hydroxylation sites is 1. The molecule has 4 heterocycles. The summed E-state index contributed by atoms with van der Waals surface area (Å²) in [6, 6.07) is 8.39. The van der Waals surface area contributed by atoms with E-state index in [2.05, 4.69) is 0 Å². The summed E-state index contributed by atoms with van der Waals surface area (Å²) in [5, 5.41) is 0.613. The van der Waals surface area contributed by atoms with Crippen LogP contribution in [-0.4, -0.2) is 54.9 Å². The van der Waals surface area contributed by atoms with Gasteiger partial charge in [-0.1, -0.05) is 18.2 Å². The maximum absolute atomic E-state index is 13.0. The molecule has 5 atom stereocenters. The van der Waals surface area contributed by atoms with Gasteiger partial charge in [-0.05, 0) is 39.8 Å². The highest BCUT2D eigenvalue weighted by atomic mass is 16.8. The predicted molar refractivity (Wildman–Crippen MR) is 105 cm³/mol. The minimum Gasteiger partial charge on any atom is -0.453 e. The Morgan fingerprint density at radius 2 is 1.81 bits per heavy atom. The second-order valence-electron chi connectivity index (χ2n) is 8.79. The molecule has 5 rings (SSSR count). The van der Waals surface area contributed by atoms with Gasteiger partial charge in [-0.3, -0.25) is 0 Å². The van der Waals surface area contributed by atoms with Gasteiger partial charge in [0, 0.05) is 5.39 Å². The van der Waals surface area contributed by atoms with E-state index in [-0.39, 0.29) is 12.2 Å². The summed E-state index contributed by atoms with van der Waals surface area (Å²) in [4.78, 5) is 25.4. The molecule has 0 radical (unpaired) electrons. The molecular weight excluding hydrogens is 408 g/mol. The van der Waals surface area contributed by atoms with Crippen LogP contribution in [0, 0.1) is 0 Å². The molecule has 9 nitrogen and oxygen atoms in total. The molecule has 1 aromatic carbocycles. The van der Waals surface area contributed by atoms with Crippen molar-refractivity contribution in [3.8, 4) is 0 Å². The number of rotatable bonds is 3. The highest BCUT2D eigenvalue weighted by molar-refractivity contribution is 5.92. The van der Waals surface area contributed by atoms with Crippen molar-refractivity contribution < 1.29 is 37.6 Å². The van der Waals surface area contributed by atoms with Gasteiger partial charge in [-0.2, -0.15) is 0 Å². The van der Waals surface area contributed by atoms with E-state index >= 15 is 0 Å². The molecule has 3 saturated heterocycles. The van der Waals surface area contributed by atoms with Gasteiger partial charge in [0.05, 0.1) is 6.61 Å². The lowest BCUT2D eigenvalue weighted by Gasteiger charge is -2.28. The molecule has 9 heteroatoms. The fraction of sp³-hybridized carbons (Fsp3) is 0.545. The van der Waals surface area contributed by atoms with Crippen LogP contribution in [0.3, 0.4) is 0 Å². The zero-order valence-electron chi connectivity index (χ0n) is 17.7. The maximum atomic E-state index is 13.0. The van der Waals surface area contributed by atoms with Crippen molar-refractivity contribution in [3.63, 3.8) is 0 Å². The van der Waals surface area contributed by atoms with Crippen LogP contribution in [0.15, 0.2) is 39.5 Å². The monoisotopic (exact) mass is 432 g/mol. The summed E-state index contributed by atoms with van der Waals surface area (Å²) in [6.45, 7) is 7.34. The number of benzene rings is 1. The van der Waals surface area contributed by atoms with E-state index < -0.39 is 53.9 Å². The molecule has 3 aliphatic rings. The van der Waals surface area contributed by atoms with Crippen molar-refractivity contribution in [2.24, 2.45) is 0 Å². The smallest absolute Gasteiger partial charge is 0.351 e. The Kier molecular flexibility index (Phi) is 4.72. The normalized spacial score (nSPS) is 33.5. The van der Waals surface area contributed by atoms with E-state index in [4.69, 9.17) is 32.8 Å². The van der Waals surface area contributed by atoms with Crippen LogP contribution < -0.4 is 5.63 Å². The number of carbonyl (C=O) groups excluding carboxylic acids is 1. The SMILES string of the molecule is CC1(C)OCC([C@H]2OC3OC(C)(C)O[C@@H]3[C@H]2OC(=O)c2cc3ccccc3oc2=O)O1. The van der Waals surface area contributed by atoms with Crippen LogP contribution in [-0.2, 0) is 28.4 Å². The highest BCUT2D eigenvalue weighted by Gasteiger charge is 2.60. The largest absolute Gasteiger partial charge is 0.453 e. The van der Waals surface area contributed by atoms with Crippen LogP contribution in [0.25, 0.3) is 11.0 Å². The van der Waals surface area contributed by atoms with Gasteiger partial charge >= 0.3 is 11.6 Å². The van der Waals surface area contributed by atoms with Crippen LogP contribution in [0.1, 0.15) is 38.1 Å². The molecule has 166 valence electrons. The van der Waals surface area contributed by atoms with Crippen molar-refractivity contribution in [2.45, 2.75) is 70.0 Å². The third-order valence-electron chi connectivity index (χ3n) is 5.53. The Morgan fingerprint density at radius 3 is 2.55 bits per heavy atom. The van der Waals surface area contributed by atoms with Gasteiger partial charge < -0.3 is 32.8 Å². The Morgan fingerprint density at radius 1 is 1.03 bits per heavy atom. The minimum absolute atomic E-state index is 0.206. The summed E-state index contributed by atoms with van der Waals surface area (Å²) in [5.41, 5.74) is -0.594. The van der Waals surface area contributed by atoms with Gasteiger partial charge in [-0.15, -0.1) is 0 Å². The van der Waals surface area contributed by atoms with Crippen molar-refractivity contribution >= 4 is 16.9 Å². The number of carbonyl (C=O) groups is 1. The van der Waals surface area contributed by atoms with E-state index in [1.54, 1.807) is 52.0 Å². The molecule has 0 saturated carbocycles. The molecule has 3 aliphatic heterocycles. The van der Waals surface area contributed by atoms with Crippen LogP contribution >= 0.6 is 0 Å². The van der Waals surface area contributed by atoms with Crippen molar-refractivity contribution in [2.75, 3.05) is 6.61 Å². The molecule has 2 aromatic rings. The minimum atomic E-state index is -0.904. The molecule has 1 aromatic heterocycles. The lowest BCUT2D eigenvalue weighted by Crippen LogP contribution is -2.45. The second-order valence-corrected chi connectivity index (χ2v) is 8.79. The first kappa shape index (κ1) is 20.6. The van der Waals surface area contributed by atoms with Gasteiger partial charge in [0.25, 0.3) is 0 Å². The predicted octanol–water partition coefficient (Wildman–Crippen LogP) is 2.35. The van der Waals surface area contributed by atoms with Crippen LogP contribution in [0.4, 0.5) is 0 Å². The van der Waals surface area contributed by atoms with Crippen molar-refractivity contribution in [1.82, 2.24) is 0 Å². The zero-order chi connectivity index (χ0) is 22.0. The number of esters is 1. The van der Waals surface area contributed by atoms with E-state index in [9.17, 15) is 9.59 Å². The maximum Gasteiger partial charge on any atom is 0.351 e. The summed E-state index contributed by atoms with van der Waals surface area (Å²) in [5.74, 6) is -2.52. The third-order valence-corrected chi connectivity index (χ3v) is 5.53. The Hall–Kier alpha value is -2.30. The molecule has 31 heavy (non-hydrogen) atoms. The number of hydrogen-bond acceptors (Lipinski definition) is 9. The fourth-order valence-electron chi connectivity index (χ4n) is 4.21. The zero-order valence-corrected chi connectivity index (χ0v) is 17.7. The molecule has 0 spiro atoms. The summed E-state index contributed by atoms with van der Waals surface area (Å²) < 4.78 is 40.4. The molecule has 0 aliphatic carbocycles. The topological polar surface area (TPSA) is 103 Å². The molecule has 3 fully saturated rings. The van der Waals surface area contributed by atoms with Crippen molar-refractivity contribution in [3.05, 3.63) is 46.3 Å². The fourth-order valence-corrected chi connectivity index (χ4v) is 4.21. The summed E-state index contributed by atoms with van der Waals surface area (Å²) in [6.07, 6.45) is -3.47. The number of ether oxygens (including phenoxy) is 6. The van der Waals surface area contributed by atoms with Gasteiger partial charge in [0.2, 0.25) is 0 Å². The first-order chi connectivity index (χ1) is 14.6. The number of fused-ring (bicyclic) bond motifs is 2. The standard InChI is InChI=1S/C22H24O9/c1-21(2)25-10-14(29-21)15-16(17-20(28-15)31-22(3,4)30-17)27-19(24)12-9-11-7-5-6-8-13(11)26-18(12)23/h5-9,14-17,20H,10H2,1-4H3/t14?,15-,16+,17-,20?/m1/s1. The van der Waals surface area contributed by atoms with Crippen LogP contribution in [0.2, 0.25) is 0 Å². The first-order valence-corrected chi connectivity index (χ1v) is 10.2. The summed E-state index contributed by atoms with van der Waals surface area (Å²) in [7, 11) is 0. The Labute approximate surface area is 178 Å². The highest BCUT2D eigenvalue weighted by Crippen LogP contribution is 2.42. The molecule has 0 amide bonds. The van der Waals surface area contributed by atoms with E-state index in [0.29, 0.717) is 11.0 Å². The van der Waals surface area contributed by atoms with E-state index in [1.807, 2.05) is 0 Å². The quantitative estimate of drug-likeness (QED) is 0.534. The second kappa shape index (κ2) is 7.11. The van der Waals surface area contributed by atoms with Crippen molar-refractivity contribution in [1.29, 1.82) is 0 Å². The lowest BCUT2D eigenvalue weighted by atomic mass is 10.1. The molecule has 0 N–H and O–H groups in total. The lowest BCUT2D eigenvalue weighted by molar-refractivity contribution is -0.232. The average Bonchev–Trinajstić information content (AvgIpc) is 3.31. The Bertz CT molecular complexity index is 1070. The summed E-state index contributed by atoms with van der Waals surface area (Å²) >= 11 is 0. The van der Waals surface area contributed by atoms with E-state index in [1.165, 1.54) is 6.07 Å². The van der Waals surface area contributed by atoms with Gasteiger partial charge in [0.15, 0.2) is 30.1 Å². The first-order valence-electron chi connectivity index (χ1n) is 10.2. The molecule has 0 bridgehead atoms. The van der Waals surface area contributed by atoms with E-state index in [0.717, 1.165) is 0 Å². The third kappa shape index (κ3) is 3.77. The number of hydrogen-bond donors (Lipinski definition) is 0.